The Kier molecular flexibility index (Phi) is 6.24. The topological polar surface area (TPSA) is 72.8 Å². The third-order valence-electron chi connectivity index (χ3n) is 5.26. The number of hydrogen-bond acceptors (Lipinski definition) is 5. The summed E-state index contributed by atoms with van der Waals surface area (Å²) in [5.41, 5.74) is -0.902. The Bertz CT molecular complexity index is 644. The molecule has 5 nitrogen and oxygen atoms in total. The van der Waals surface area contributed by atoms with Gasteiger partial charge in [0.1, 0.15) is 0 Å². The normalized spacial score (nSPS) is 24.5. The molecule has 0 amide bonds. The standard InChI is InChI=1S/C21H28O5/c1-5-25-18(22)21(19(23)26-6-2)13-12-20(4,24)17(14-21)15(3)16-10-8-7-9-11-16/h7-11,17,24H,3,5-6,12-14H2,1-2,4H3/t17-,20-/m0/s1. The van der Waals surface area contributed by atoms with Gasteiger partial charge in [0.15, 0.2) is 5.41 Å². The maximum atomic E-state index is 12.7. The van der Waals surface area contributed by atoms with Crippen molar-refractivity contribution in [3.63, 3.8) is 0 Å². The van der Waals surface area contributed by atoms with Gasteiger partial charge in [0, 0.05) is 5.92 Å². The number of ether oxygens (including phenoxy) is 2. The molecule has 0 aliphatic heterocycles. The van der Waals surface area contributed by atoms with E-state index in [1.165, 1.54) is 0 Å². The molecular weight excluding hydrogens is 332 g/mol. The number of hydrogen-bond donors (Lipinski definition) is 1. The third-order valence-corrected chi connectivity index (χ3v) is 5.26. The van der Waals surface area contributed by atoms with E-state index in [9.17, 15) is 14.7 Å². The second-order valence-corrected chi connectivity index (χ2v) is 7.03. The Hall–Kier alpha value is -2.14. The number of carbonyl (C=O) groups is 2. The highest BCUT2D eigenvalue weighted by molar-refractivity contribution is 6.00. The summed E-state index contributed by atoms with van der Waals surface area (Å²) in [6.07, 6.45) is 0.586. The van der Waals surface area contributed by atoms with Crippen molar-refractivity contribution in [3.8, 4) is 0 Å². The monoisotopic (exact) mass is 360 g/mol. The smallest absolute Gasteiger partial charge is 0.323 e. The van der Waals surface area contributed by atoms with Crippen molar-refractivity contribution in [2.45, 2.75) is 45.6 Å². The quantitative estimate of drug-likeness (QED) is 0.622. The summed E-state index contributed by atoms with van der Waals surface area (Å²) in [5, 5.41) is 11.0. The molecule has 1 fully saturated rings. The van der Waals surface area contributed by atoms with Crippen LogP contribution >= 0.6 is 0 Å². The van der Waals surface area contributed by atoms with E-state index in [1.807, 2.05) is 30.3 Å². The molecule has 0 heterocycles. The predicted molar refractivity (Wildman–Crippen MR) is 99.1 cm³/mol. The van der Waals surface area contributed by atoms with Gasteiger partial charge in [0.2, 0.25) is 0 Å². The third kappa shape index (κ3) is 3.83. The lowest BCUT2D eigenvalue weighted by molar-refractivity contribution is -0.180. The maximum absolute atomic E-state index is 12.7. The van der Waals surface area contributed by atoms with E-state index in [2.05, 4.69) is 6.58 Å². The fourth-order valence-corrected chi connectivity index (χ4v) is 3.66. The first-order valence-electron chi connectivity index (χ1n) is 9.09. The van der Waals surface area contributed by atoms with Gasteiger partial charge in [-0.3, -0.25) is 9.59 Å². The minimum atomic E-state index is -1.41. The largest absolute Gasteiger partial charge is 0.465 e. The van der Waals surface area contributed by atoms with Crippen molar-refractivity contribution >= 4 is 17.5 Å². The lowest BCUT2D eigenvalue weighted by Crippen LogP contribution is -2.52. The predicted octanol–water partition coefficient (Wildman–Crippen LogP) is 3.36. The number of benzene rings is 1. The second kappa shape index (κ2) is 8.04. The Morgan fingerprint density at radius 1 is 1.12 bits per heavy atom. The molecule has 1 saturated carbocycles. The fourth-order valence-electron chi connectivity index (χ4n) is 3.66. The summed E-state index contributed by atoms with van der Waals surface area (Å²) < 4.78 is 10.4. The minimum absolute atomic E-state index is 0.116. The van der Waals surface area contributed by atoms with E-state index in [4.69, 9.17) is 9.47 Å². The van der Waals surface area contributed by atoms with Crippen LogP contribution in [0, 0.1) is 11.3 Å². The highest BCUT2D eigenvalue weighted by Crippen LogP contribution is 2.50. The summed E-state index contributed by atoms with van der Waals surface area (Å²) in [6, 6.07) is 9.49. The van der Waals surface area contributed by atoms with Crippen LogP contribution in [0.3, 0.4) is 0 Å². The Morgan fingerprint density at radius 2 is 1.65 bits per heavy atom. The molecule has 0 bridgehead atoms. The molecule has 0 unspecified atom stereocenters. The number of carbonyl (C=O) groups excluding carboxylic acids is 2. The van der Waals surface area contributed by atoms with E-state index in [1.54, 1.807) is 20.8 Å². The van der Waals surface area contributed by atoms with Crippen molar-refractivity contribution in [1.82, 2.24) is 0 Å². The van der Waals surface area contributed by atoms with E-state index >= 15 is 0 Å². The number of esters is 2. The van der Waals surface area contributed by atoms with Gasteiger partial charge in [0.05, 0.1) is 18.8 Å². The van der Waals surface area contributed by atoms with E-state index in [-0.39, 0.29) is 32.5 Å². The van der Waals surface area contributed by atoms with Crippen molar-refractivity contribution in [2.24, 2.45) is 11.3 Å². The van der Waals surface area contributed by atoms with Crippen molar-refractivity contribution < 1.29 is 24.2 Å². The summed E-state index contributed by atoms with van der Waals surface area (Å²) in [7, 11) is 0. The molecule has 1 aliphatic rings. The highest BCUT2D eigenvalue weighted by Gasteiger charge is 2.57. The molecule has 1 aliphatic carbocycles. The van der Waals surface area contributed by atoms with Gasteiger partial charge in [-0.25, -0.2) is 0 Å². The van der Waals surface area contributed by atoms with E-state index in [0.717, 1.165) is 5.56 Å². The Morgan fingerprint density at radius 3 is 2.15 bits per heavy atom. The second-order valence-electron chi connectivity index (χ2n) is 7.03. The van der Waals surface area contributed by atoms with Crippen LogP contribution in [0.1, 0.15) is 45.6 Å². The van der Waals surface area contributed by atoms with Crippen LogP contribution in [0.2, 0.25) is 0 Å². The molecule has 1 aromatic carbocycles. The van der Waals surface area contributed by atoms with Gasteiger partial charge in [-0.2, -0.15) is 0 Å². The molecule has 1 aromatic rings. The lowest BCUT2D eigenvalue weighted by Gasteiger charge is -2.45. The van der Waals surface area contributed by atoms with Crippen molar-refractivity contribution in [1.29, 1.82) is 0 Å². The number of rotatable bonds is 6. The van der Waals surface area contributed by atoms with Crippen LogP contribution in [0.4, 0.5) is 0 Å². The molecule has 0 saturated heterocycles. The first-order valence-corrected chi connectivity index (χ1v) is 9.09. The van der Waals surface area contributed by atoms with Gasteiger partial charge in [-0.1, -0.05) is 36.9 Å². The van der Waals surface area contributed by atoms with Gasteiger partial charge < -0.3 is 14.6 Å². The van der Waals surface area contributed by atoms with Crippen LogP contribution in [0.5, 0.6) is 0 Å². The molecule has 1 N–H and O–H groups in total. The summed E-state index contributed by atoms with van der Waals surface area (Å²) in [5.74, 6) is -1.63. The average Bonchev–Trinajstić information content (AvgIpc) is 2.62. The van der Waals surface area contributed by atoms with Crippen LogP contribution in [0.15, 0.2) is 36.9 Å². The summed E-state index contributed by atoms with van der Waals surface area (Å²) in [6.45, 7) is 9.66. The van der Waals surface area contributed by atoms with E-state index < -0.39 is 28.9 Å². The zero-order valence-corrected chi connectivity index (χ0v) is 15.8. The molecule has 0 spiro atoms. The van der Waals surface area contributed by atoms with Crippen LogP contribution in [0.25, 0.3) is 5.57 Å². The molecule has 26 heavy (non-hydrogen) atoms. The lowest BCUT2D eigenvalue weighted by atomic mass is 9.61. The fraction of sp³-hybridized carbons (Fsp3) is 0.524. The van der Waals surface area contributed by atoms with Gasteiger partial charge >= 0.3 is 11.9 Å². The number of aliphatic hydroxyl groups is 1. The summed E-state index contributed by atoms with van der Waals surface area (Å²) >= 11 is 0. The first kappa shape index (κ1) is 20.2. The van der Waals surface area contributed by atoms with Crippen molar-refractivity contribution in [3.05, 3.63) is 42.5 Å². The molecule has 0 aromatic heterocycles. The Balaban J connectivity index is 2.42. The minimum Gasteiger partial charge on any atom is -0.465 e. The van der Waals surface area contributed by atoms with E-state index in [0.29, 0.717) is 5.57 Å². The molecule has 142 valence electrons. The molecule has 2 atom stereocenters. The SMILES string of the molecule is C=C(c1ccccc1)[C@@H]1CC(C(=O)OCC)(C(=O)OCC)CC[C@]1(C)O. The van der Waals surface area contributed by atoms with Gasteiger partial charge in [-0.05, 0) is 51.2 Å². The van der Waals surface area contributed by atoms with Crippen LogP contribution in [-0.4, -0.2) is 35.9 Å². The molecule has 2 rings (SSSR count). The maximum Gasteiger partial charge on any atom is 0.323 e. The van der Waals surface area contributed by atoms with Gasteiger partial charge in [-0.15, -0.1) is 0 Å². The zero-order valence-electron chi connectivity index (χ0n) is 15.8. The molecular formula is C21H28O5. The summed E-state index contributed by atoms with van der Waals surface area (Å²) in [4.78, 5) is 25.4. The van der Waals surface area contributed by atoms with Crippen LogP contribution < -0.4 is 0 Å². The van der Waals surface area contributed by atoms with Crippen LogP contribution in [-0.2, 0) is 19.1 Å². The highest BCUT2D eigenvalue weighted by atomic mass is 16.6. The Labute approximate surface area is 155 Å². The average molecular weight is 360 g/mol. The van der Waals surface area contributed by atoms with Crippen molar-refractivity contribution in [2.75, 3.05) is 13.2 Å². The zero-order chi connectivity index (χ0) is 19.4. The first-order chi connectivity index (χ1) is 12.3. The van der Waals surface area contributed by atoms with Gasteiger partial charge in [0.25, 0.3) is 0 Å². The molecule has 5 heteroatoms. The molecule has 0 radical (unpaired) electrons.